The molecule has 1 amide bonds. The van der Waals surface area contributed by atoms with Crippen molar-refractivity contribution in [1.29, 1.82) is 0 Å². The Hall–Kier alpha value is -1.26. The summed E-state index contributed by atoms with van der Waals surface area (Å²) in [5, 5.41) is 0. The van der Waals surface area contributed by atoms with E-state index in [0.717, 1.165) is 0 Å². The highest BCUT2D eigenvalue weighted by Gasteiger charge is 2.54. The fourth-order valence-electron chi connectivity index (χ4n) is 4.82. The molecule has 0 aromatic rings. The number of rotatable bonds is 7. The Balaban J connectivity index is 3.15. The molecule has 1 aliphatic heterocycles. The van der Waals surface area contributed by atoms with Crippen LogP contribution in [0.2, 0.25) is 0 Å². The van der Waals surface area contributed by atoms with E-state index in [1.807, 2.05) is 20.8 Å². The number of nitrogens with zero attached hydrogens (tertiary/aromatic N) is 1. The van der Waals surface area contributed by atoms with Crippen molar-refractivity contribution < 1.29 is 19.1 Å². The molecule has 1 heterocycles. The molecular formula is C25H47NO4. The number of hydrogen-bond donors (Lipinski definition) is 0. The van der Waals surface area contributed by atoms with E-state index in [4.69, 9.17) is 9.47 Å². The first-order chi connectivity index (χ1) is 13.5. The van der Waals surface area contributed by atoms with Crippen LogP contribution in [0.5, 0.6) is 0 Å². The Morgan fingerprint density at radius 2 is 1.40 bits per heavy atom. The highest BCUT2D eigenvalue weighted by Crippen LogP contribution is 2.44. The molecule has 1 saturated heterocycles. The van der Waals surface area contributed by atoms with E-state index in [0.29, 0.717) is 25.9 Å². The predicted octanol–water partition coefficient (Wildman–Crippen LogP) is 6.30. The van der Waals surface area contributed by atoms with Gasteiger partial charge in [0.2, 0.25) is 0 Å². The van der Waals surface area contributed by atoms with Gasteiger partial charge in [0.25, 0.3) is 0 Å². The number of carbonyl (C=O) groups excluding carboxylic acids is 2. The van der Waals surface area contributed by atoms with E-state index in [9.17, 15) is 9.59 Å². The normalized spacial score (nSPS) is 21.0. The summed E-state index contributed by atoms with van der Waals surface area (Å²) in [6.07, 6.45) is 1.02. The van der Waals surface area contributed by atoms with E-state index >= 15 is 0 Å². The van der Waals surface area contributed by atoms with E-state index in [1.54, 1.807) is 4.90 Å². The van der Waals surface area contributed by atoms with Crippen molar-refractivity contribution in [3.8, 4) is 0 Å². The average molecular weight is 426 g/mol. The molecule has 0 radical (unpaired) electrons. The van der Waals surface area contributed by atoms with Crippen LogP contribution in [-0.2, 0) is 14.3 Å². The van der Waals surface area contributed by atoms with Crippen LogP contribution in [0, 0.1) is 28.6 Å². The standard InChI is InChI=1S/C25H47NO4/c1-13-23(11,12)20(27)29-24(22(8,9)10)14-15-26(16-24)21(28)30-25(17(2)3,18(4)5)19(6)7/h17-19H,13-16H2,1-12H3. The Bertz CT molecular complexity index is 593. The summed E-state index contributed by atoms with van der Waals surface area (Å²) in [4.78, 5) is 27.9. The summed E-state index contributed by atoms with van der Waals surface area (Å²) in [5.41, 5.74) is -2.10. The number of carbonyl (C=O) groups is 2. The Kier molecular flexibility index (Phi) is 8.10. The minimum Gasteiger partial charge on any atom is -0.456 e. The lowest BCUT2D eigenvalue weighted by Crippen LogP contribution is -2.54. The minimum atomic E-state index is -0.717. The number of esters is 1. The lowest BCUT2D eigenvalue weighted by Gasteiger charge is -2.45. The third-order valence-corrected chi connectivity index (χ3v) is 7.55. The second-order valence-corrected chi connectivity index (χ2v) is 11.7. The maximum atomic E-state index is 13.3. The maximum Gasteiger partial charge on any atom is 0.410 e. The zero-order valence-corrected chi connectivity index (χ0v) is 21.6. The van der Waals surface area contributed by atoms with Crippen LogP contribution in [0.4, 0.5) is 4.79 Å². The second kappa shape index (κ2) is 9.08. The topological polar surface area (TPSA) is 55.8 Å². The molecule has 5 nitrogen and oxygen atoms in total. The third-order valence-electron chi connectivity index (χ3n) is 7.55. The summed E-state index contributed by atoms with van der Waals surface area (Å²) in [5.74, 6) is 0.384. The minimum absolute atomic E-state index is 0.194. The van der Waals surface area contributed by atoms with Crippen LogP contribution in [0.25, 0.3) is 0 Å². The van der Waals surface area contributed by atoms with Gasteiger partial charge < -0.3 is 14.4 Å². The molecule has 1 fully saturated rings. The van der Waals surface area contributed by atoms with Gasteiger partial charge in [0.1, 0.15) is 11.2 Å². The number of likely N-dealkylation sites (tertiary alicyclic amines) is 1. The van der Waals surface area contributed by atoms with Gasteiger partial charge in [-0.2, -0.15) is 0 Å². The van der Waals surface area contributed by atoms with Gasteiger partial charge in [0.05, 0.1) is 12.0 Å². The van der Waals surface area contributed by atoms with Crippen LogP contribution in [0.1, 0.15) is 95.9 Å². The van der Waals surface area contributed by atoms with Crippen LogP contribution < -0.4 is 0 Å². The SMILES string of the molecule is CCC(C)(C)C(=O)OC1(C(C)(C)C)CCN(C(=O)OC(C(C)C)(C(C)C)C(C)C)C1. The first-order valence-corrected chi connectivity index (χ1v) is 11.7. The Morgan fingerprint density at radius 3 is 1.77 bits per heavy atom. The number of amides is 1. The van der Waals surface area contributed by atoms with Crippen LogP contribution in [0.15, 0.2) is 0 Å². The fraction of sp³-hybridized carbons (Fsp3) is 0.920. The number of hydrogen-bond acceptors (Lipinski definition) is 4. The van der Waals surface area contributed by atoms with E-state index in [2.05, 4.69) is 62.3 Å². The molecule has 1 atom stereocenters. The van der Waals surface area contributed by atoms with Gasteiger partial charge in [-0.05, 0) is 38.0 Å². The molecule has 0 N–H and O–H groups in total. The smallest absolute Gasteiger partial charge is 0.410 e. The van der Waals surface area contributed by atoms with E-state index in [-0.39, 0.29) is 35.2 Å². The summed E-state index contributed by atoms with van der Waals surface area (Å²) >= 11 is 0. The summed E-state index contributed by atoms with van der Waals surface area (Å²) in [6.45, 7) is 25.6. The molecule has 1 aliphatic rings. The molecule has 0 spiro atoms. The van der Waals surface area contributed by atoms with E-state index < -0.39 is 16.6 Å². The Morgan fingerprint density at radius 1 is 0.933 bits per heavy atom. The zero-order chi connectivity index (χ0) is 23.7. The number of ether oxygens (including phenoxy) is 2. The second-order valence-electron chi connectivity index (χ2n) is 11.7. The van der Waals surface area contributed by atoms with Crippen LogP contribution in [0.3, 0.4) is 0 Å². The Labute approximate surface area is 185 Å². The zero-order valence-electron chi connectivity index (χ0n) is 21.6. The van der Waals surface area contributed by atoms with Crippen molar-refractivity contribution in [3.05, 3.63) is 0 Å². The maximum absolute atomic E-state index is 13.3. The molecule has 0 bridgehead atoms. The summed E-state index contributed by atoms with van der Waals surface area (Å²) < 4.78 is 12.4. The molecule has 0 aromatic heterocycles. The summed E-state index contributed by atoms with van der Waals surface area (Å²) in [7, 11) is 0. The molecule has 0 saturated carbocycles. The average Bonchev–Trinajstić information content (AvgIpc) is 3.03. The van der Waals surface area contributed by atoms with Gasteiger partial charge >= 0.3 is 12.1 Å². The van der Waals surface area contributed by atoms with Gasteiger partial charge in [-0.3, -0.25) is 4.79 Å². The highest BCUT2D eigenvalue weighted by molar-refractivity contribution is 5.76. The van der Waals surface area contributed by atoms with Crippen molar-refractivity contribution in [2.24, 2.45) is 28.6 Å². The van der Waals surface area contributed by atoms with Gasteiger partial charge in [0.15, 0.2) is 0 Å². The van der Waals surface area contributed by atoms with Crippen LogP contribution >= 0.6 is 0 Å². The van der Waals surface area contributed by atoms with Crippen molar-refractivity contribution >= 4 is 12.1 Å². The first kappa shape index (κ1) is 26.8. The van der Waals surface area contributed by atoms with E-state index in [1.165, 1.54) is 0 Å². The molecule has 5 heteroatoms. The van der Waals surface area contributed by atoms with Gasteiger partial charge in [-0.1, -0.05) is 69.2 Å². The predicted molar refractivity (Wildman–Crippen MR) is 122 cm³/mol. The summed E-state index contributed by atoms with van der Waals surface area (Å²) in [6, 6.07) is 0. The first-order valence-electron chi connectivity index (χ1n) is 11.7. The highest BCUT2D eigenvalue weighted by atomic mass is 16.6. The molecule has 176 valence electrons. The molecule has 0 aliphatic carbocycles. The lowest BCUT2D eigenvalue weighted by molar-refractivity contribution is -0.182. The van der Waals surface area contributed by atoms with Crippen LogP contribution in [-0.4, -0.2) is 41.3 Å². The quantitative estimate of drug-likeness (QED) is 0.449. The third kappa shape index (κ3) is 4.96. The van der Waals surface area contributed by atoms with Crippen molar-refractivity contribution in [1.82, 2.24) is 4.90 Å². The molecule has 1 rings (SSSR count). The van der Waals surface area contributed by atoms with Crippen molar-refractivity contribution in [3.63, 3.8) is 0 Å². The molecular weight excluding hydrogens is 378 g/mol. The molecule has 1 unspecified atom stereocenters. The van der Waals surface area contributed by atoms with Gasteiger partial charge in [-0.25, -0.2) is 4.79 Å². The molecule has 30 heavy (non-hydrogen) atoms. The monoisotopic (exact) mass is 425 g/mol. The lowest BCUT2D eigenvalue weighted by atomic mass is 9.72. The van der Waals surface area contributed by atoms with Gasteiger partial charge in [-0.15, -0.1) is 0 Å². The van der Waals surface area contributed by atoms with Crippen molar-refractivity contribution in [2.45, 2.75) is 107 Å². The largest absolute Gasteiger partial charge is 0.456 e. The van der Waals surface area contributed by atoms with Crippen molar-refractivity contribution in [2.75, 3.05) is 13.1 Å². The van der Waals surface area contributed by atoms with Gasteiger partial charge in [0, 0.05) is 18.4 Å². The molecule has 0 aromatic carbocycles. The fourth-order valence-corrected chi connectivity index (χ4v) is 4.82.